The molecule has 136 valence electrons. The Kier molecular flexibility index (Phi) is 10.2. The van der Waals surface area contributed by atoms with E-state index < -0.39 is 0 Å². The van der Waals surface area contributed by atoms with Crippen molar-refractivity contribution < 1.29 is 9.13 Å². The third kappa shape index (κ3) is 6.93. The largest absolute Gasteiger partial charge is 0.381 e. The maximum absolute atomic E-state index is 13.1. The summed E-state index contributed by atoms with van der Waals surface area (Å²) in [5.74, 6) is 1.40. The third-order valence-electron chi connectivity index (χ3n) is 4.17. The molecule has 4 nitrogen and oxygen atoms in total. The van der Waals surface area contributed by atoms with E-state index in [2.05, 4.69) is 15.2 Å². The van der Waals surface area contributed by atoms with Crippen molar-refractivity contribution in [1.29, 1.82) is 0 Å². The molecule has 0 saturated carbocycles. The molecule has 0 spiro atoms. The van der Waals surface area contributed by atoms with Crippen LogP contribution >= 0.6 is 24.0 Å². The lowest BCUT2D eigenvalue weighted by Crippen LogP contribution is -2.40. The number of likely N-dealkylation sites (tertiary alicyclic amines) is 1. The van der Waals surface area contributed by atoms with Gasteiger partial charge in [0.05, 0.1) is 6.61 Å². The number of halogens is 2. The van der Waals surface area contributed by atoms with Crippen LogP contribution in [0.1, 0.15) is 25.3 Å². The summed E-state index contributed by atoms with van der Waals surface area (Å²) in [5.41, 5.74) is 1.04. The molecule has 0 radical (unpaired) electrons. The molecule has 1 saturated heterocycles. The first-order valence-corrected chi connectivity index (χ1v) is 8.50. The smallest absolute Gasteiger partial charge is 0.193 e. The van der Waals surface area contributed by atoms with Crippen LogP contribution in [-0.4, -0.2) is 50.8 Å². The number of nitrogens with one attached hydrogen (secondary N) is 1. The van der Waals surface area contributed by atoms with Gasteiger partial charge in [-0.3, -0.25) is 4.99 Å². The van der Waals surface area contributed by atoms with Gasteiger partial charge in [0.1, 0.15) is 5.82 Å². The van der Waals surface area contributed by atoms with Gasteiger partial charge in [-0.15, -0.1) is 24.0 Å². The van der Waals surface area contributed by atoms with Crippen LogP contribution in [0.4, 0.5) is 4.39 Å². The van der Waals surface area contributed by atoms with Crippen molar-refractivity contribution >= 4 is 29.9 Å². The van der Waals surface area contributed by atoms with Crippen LogP contribution < -0.4 is 5.32 Å². The molecule has 6 heteroatoms. The zero-order valence-corrected chi connectivity index (χ0v) is 17.0. The number of aryl methyl sites for hydroxylation is 1. The van der Waals surface area contributed by atoms with Crippen molar-refractivity contribution in [3.8, 4) is 0 Å². The van der Waals surface area contributed by atoms with E-state index in [0.717, 1.165) is 63.6 Å². The van der Waals surface area contributed by atoms with Gasteiger partial charge < -0.3 is 15.0 Å². The van der Waals surface area contributed by atoms with Crippen molar-refractivity contribution in [3.63, 3.8) is 0 Å². The fraction of sp³-hybridized carbons (Fsp3) is 0.611. The summed E-state index contributed by atoms with van der Waals surface area (Å²) < 4.78 is 18.7. The van der Waals surface area contributed by atoms with Crippen LogP contribution in [0.5, 0.6) is 0 Å². The maximum atomic E-state index is 13.1. The van der Waals surface area contributed by atoms with E-state index in [4.69, 9.17) is 4.74 Å². The van der Waals surface area contributed by atoms with Crippen LogP contribution in [0.15, 0.2) is 29.3 Å². The zero-order chi connectivity index (χ0) is 16.5. The Balaban J connectivity index is 0.00000288. The van der Waals surface area contributed by atoms with E-state index in [1.165, 1.54) is 6.07 Å². The average molecular weight is 449 g/mol. The molecule has 1 unspecified atom stereocenters. The van der Waals surface area contributed by atoms with Gasteiger partial charge in [-0.2, -0.15) is 0 Å². The first-order valence-electron chi connectivity index (χ1n) is 8.50. The molecule has 1 aromatic carbocycles. The van der Waals surface area contributed by atoms with Gasteiger partial charge in [-0.25, -0.2) is 4.39 Å². The van der Waals surface area contributed by atoms with Crippen LogP contribution in [-0.2, 0) is 11.2 Å². The van der Waals surface area contributed by atoms with Crippen molar-refractivity contribution in [3.05, 3.63) is 35.6 Å². The highest BCUT2D eigenvalue weighted by molar-refractivity contribution is 14.0. The normalized spacial score (nSPS) is 17.7. The topological polar surface area (TPSA) is 36.9 Å². The minimum Gasteiger partial charge on any atom is -0.381 e. The predicted molar refractivity (Wildman–Crippen MR) is 108 cm³/mol. The molecule has 2 rings (SSSR count). The molecule has 1 aliphatic rings. The standard InChI is InChI=1S/C18H28FN3O.HI/c1-3-23-14-16-9-11-22(13-16)18(20-2)21-10-5-7-15-6-4-8-17(19)12-15;/h4,6,8,12,16H,3,5,7,9-11,13-14H2,1-2H3,(H,20,21);1H. The number of rotatable bonds is 7. The Bertz CT molecular complexity index is 513. The summed E-state index contributed by atoms with van der Waals surface area (Å²) in [6, 6.07) is 6.82. The lowest BCUT2D eigenvalue weighted by molar-refractivity contribution is 0.114. The molecule has 1 aromatic rings. The monoisotopic (exact) mass is 449 g/mol. The van der Waals surface area contributed by atoms with E-state index in [1.54, 1.807) is 12.1 Å². The Morgan fingerprint density at radius 3 is 3.00 bits per heavy atom. The lowest BCUT2D eigenvalue weighted by atomic mass is 10.1. The summed E-state index contributed by atoms with van der Waals surface area (Å²) in [6.45, 7) is 6.53. The second kappa shape index (κ2) is 11.6. The highest BCUT2D eigenvalue weighted by Crippen LogP contribution is 2.16. The molecule has 0 bridgehead atoms. The number of benzene rings is 1. The predicted octanol–water partition coefficient (Wildman–Crippen LogP) is 3.31. The Morgan fingerprint density at radius 1 is 1.46 bits per heavy atom. The van der Waals surface area contributed by atoms with Crippen LogP contribution in [0, 0.1) is 11.7 Å². The van der Waals surface area contributed by atoms with Gasteiger partial charge in [-0.1, -0.05) is 12.1 Å². The van der Waals surface area contributed by atoms with Gasteiger partial charge in [0, 0.05) is 39.2 Å². The van der Waals surface area contributed by atoms with Crippen LogP contribution in [0.3, 0.4) is 0 Å². The SMILES string of the molecule is CCOCC1CCN(C(=NC)NCCCc2cccc(F)c2)C1.I. The van der Waals surface area contributed by atoms with E-state index in [-0.39, 0.29) is 29.8 Å². The van der Waals surface area contributed by atoms with Crippen molar-refractivity contribution in [2.45, 2.75) is 26.2 Å². The van der Waals surface area contributed by atoms with Gasteiger partial charge in [0.15, 0.2) is 5.96 Å². The van der Waals surface area contributed by atoms with E-state index in [1.807, 2.05) is 20.0 Å². The van der Waals surface area contributed by atoms with Gasteiger partial charge >= 0.3 is 0 Å². The first kappa shape index (κ1) is 21.2. The minimum atomic E-state index is -0.163. The average Bonchev–Trinajstić information content (AvgIpc) is 3.02. The fourth-order valence-corrected chi connectivity index (χ4v) is 2.96. The quantitative estimate of drug-likeness (QED) is 0.301. The molecule has 0 aromatic heterocycles. The molecule has 0 amide bonds. The van der Waals surface area contributed by atoms with Crippen molar-refractivity contribution in [2.24, 2.45) is 10.9 Å². The molecule has 1 heterocycles. The number of hydrogen-bond acceptors (Lipinski definition) is 2. The lowest BCUT2D eigenvalue weighted by Gasteiger charge is -2.21. The summed E-state index contributed by atoms with van der Waals surface area (Å²) >= 11 is 0. The second-order valence-corrected chi connectivity index (χ2v) is 5.97. The Labute approximate surface area is 161 Å². The van der Waals surface area contributed by atoms with E-state index in [0.29, 0.717) is 5.92 Å². The summed E-state index contributed by atoms with van der Waals surface area (Å²) in [4.78, 5) is 6.67. The summed E-state index contributed by atoms with van der Waals surface area (Å²) in [7, 11) is 1.82. The number of hydrogen-bond donors (Lipinski definition) is 1. The molecule has 24 heavy (non-hydrogen) atoms. The number of aliphatic imine (C=N–C) groups is 1. The summed E-state index contributed by atoms with van der Waals surface area (Å²) in [6.07, 6.45) is 2.98. The summed E-state index contributed by atoms with van der Waals surface area (Å²) in [5, 5.41) is 3.41. The molecule has 1 aliphatic heterocycles. The molecular weight excluding hydrogens is 420 g/mol. The maximum Gasteiger partial charge on any atom is 0.193 e. The zero-order valence-electron chi connectivity index (χ0n) is 14.6. The number of guanidine groups is 1. The molecule has 0 aliphatic carbocycles. The van der Waals surface area contributed by atoms with Crippen LogP contribution in [0.2, 0.25) is 0 Å². The van der Waals surface area contributed by atoms with Gasteiger partial charge in [0.2, 0.25) is 0 Å². The molecular formula is C18H29FIN3O. The number of nitrogens with zero attached hydrogens (tertiary/aromatic N) is 2. The minimum absolute atomic E-state index is 0. The van der Waals surface area contributed by atoms with Crippen LogP contribution in [0.25, 0.3) is 0 Å². The fourth-order valence-electron chi connectivity index (χ4n) is 2.96. The van der Waals surface area contributed by atoms with Crippen molar-refractivity contribution in [2.75, 3.05) is 39.9 Å². The van der Waals surface area contributed by atoms with E-state index in [9.17, 15) is 4.39 Å². The van der Waals surface area contributed by atoms with Crippen molar-refractivity contribution in [1.82, 2.24) is 10.2 Å². The first-order chi connectivity index (χ1) is 11.2. The third-order valence-corrected chi connectivity index (χ3v) is 4.17. The molecule has 1 N–H and O–H groups in total. The van der Waals surface area contributed by atoms with Gasteiger partial charge in [0.25, 0.3) is 0 Å². The van der Waals surface area contributed by atoms with E-state index >= 15 is 0 Å². The number of ether oxygens (including phenoxy) is 1. The van der Waals surface area contributed by atoms with Gasteiger partial charge in [-0.05, 0) is 43.9 Å². The molecule has 1 atom stereocenters. The molecule has 1 fully saturated rings. The highest BCUT2D eigenvalue weighted by Gasteiger charge is 2.24. The Hall–Kier alpha value is -0.890. The Morgan fingerprint density at radius 2 is 2.29 bits per heavy atom. The highest BCUT2D eigenvalue weighted by atomic mass is 127. The second-order valence-electron chi connectivity index (χ2n) is 5.97.